The molecule has 0 aliphatic rings. The Morgan fingerprint density at radius 3 is 2.65 bits per heavy atom. The molecule has 2 aromatic heterocycles. The molecule has 1 aromatic carbocycles. The Morgan fingerprint density at radius 2 is 1.90 bits per heavy atom. The Balaban J connectivity index is 1.79. The molecule has 0 amide bonds. The molecule has 3 heteroatoms. The standard InChI is InChI=1S/C17H19N3/c1-13-3-5-14(6-4-13)7-8-17-19-12-16-11-15(18-2)9-10-20(16)17/h3-6,9-12,18H,7-8H2,1-2H3. The Morgan fingerprint density at radius 1 is 1.10 bits per heavy atom. The molecular weight excluding hydrogens is 246 g/mol. The van der Waals surface area contributed by atoms with Crippen LogP contribution in [-0.4, -0.2) is 16.4 Å². The zero-order valence-corrected chi connectivity index (χ0v) is 11.9. The Bertz CT molecular complexity index is 711. The van der Waals surface area contributed by atoms with Gasteiger partial charge in [0, 0.05) is 25.4 Å². The fourth-order valence-corrected chi connectivity index (χ4v) is 2.41. The lowest BCUT2D eigenvalue weighted by atomic mass is 10.1. The average Bonchev–Trinajstić information content (AvgIpc) is 2.89. The van der Waals surface area contributed by atoms with Crippen molar-refractivity contribution in [3.8, 4) is 0 Å². The number of anilines is 1. The molecule has 2 heterocycles. The summed E-state index contributed by atoms with van der Waals surface area (Å²) in [6.45, 7) is 2.12. The van der Waals surface area contributed by atoms with Gasteiger partial charge < -0.3 is 9.72 Å². The van der Waals surface area contributed by atoms with Gasteiger partial charge in [-0.1, -0.05) is 29.8 Å². The Kier molecular flexibility index (Phi) is 3.42. The second kappa shape index (κ2) is 5.37. The normalized spacial score (nSPS) is 10.9. The van der Waals surface area contributed by atoms with Gasteiger partial charge >= 0.3 is 0 Å². The summed E-state index contributed by atoms with van der Waals surface area (Å²) in [5, 5.41) is 3.15. The molecule has 0 aliphatic carbocycles. The van der Waals surface area contributed by atoms with Gasteiger partial charge in [0.05, 0.1) is 11.7 Å². The molecule has 0 bridgehead atoms. The van der Waals surface area contributed by atoms with Gasteiger partial charge in [-0.2, -0.15) is 0 Å². The zero-order valence-electron chi connectivity index (χ0n) is 11.9. The lowest BCUT2D eigenvalue weighted by molar-refractivity contribution is 0.853. The number of pyridine rings is 1. The predicted octanol–water partition coefficient (Wildman–Crippen LogP) is 3.47. The minimum atomic E-state index is 0.954. The number of nitrogens with zero attached hydrogens (tertiary/aromatic N) is 2. The van der Waals surface area contributed by atoms with Crippen molar-refractivity contribution in [2.75, 3.05) is 12.4 Å². The van der Waals surface area contributed by atoms with E-state index in [1.165, 1.54) is 11.1 Å². The molecule has 0 atom stereocenters. The lowest BCUT2D eigenvalue weighted by Crippen LogP contribution is -1.98. The van der Waals surface area contributed by atoms with Crippen LogP contribution in [0.15, 0.2) is 48.8 Å². The number of nitrogens with one attached hydrogen (secondary N) is 1. The molecule has 0 radical (unpaired) electrons. The van der Waals surface area contributed by atoms with Gasteiger partial charge in [-0.15, -0.1) is 0 Å². The van der Waals surface area contributed by atoms with Crippen LogP contribution < -0.4 is 5.32 Å². The number of hydrogen-bond donors (Lipinski definition) is 1. The van der Waals surface area contributed by atoms with E-state index in [-0.39, 0.29) is 0 Å². The first kappa shape index (κ1) is 12.7. The zero-order chi connectivity index (χ0) is 13.9. The highest BCUT2D eigenvalue weighted by atomic mass is 15.0. The van der Waals surface area contributed by atoms with Gasteiger partial charge in [-0.25, -0.2) is 4.98 Å². The number of hydrogen-bond acceptors (Lipinski definition) is 2. The van der Waals surface area contributed by atoms with Gasteiger partial charge in [0.15, 0.2) is 0 Å². The summed E-state index contributed by atoms with van der Waals surface area (Å²) in [4.78, 5) is 4.54. The van der Waals surface area contributed by atoms with Crippen LogP contribution in [-0.2, 0) is 12.8 Å². The second-order valence-electron chi connectivity index (χ2n) is 5.12. The van der Waals surface area contributed by atoms with Crippen molar-refractivity contribution < 1.29 is 0 Å². The van der Waals surface area contributed by atoms with Crippen molar-refractivity contribution in [1.29, 1.82) is 0 Å². The minimum Gasteiger partial charge on any atom is -0.388 e. The third kappa shape index (κ3) is 2.52. The molecule has 102 valence electrons. The van der Waals surface area contributed by atoms with E-state index in [9.17, 15) is 0 Å². The SMILES string of the molecule is CNc1ccn2c(CCc3ccc(C)cc3)ncc2c1. The van der Waals surface area contributed by atoms with Crippen molar-refractivity contribution >= 4 is 11.2 Å². The number of imidazole rings is 1. The number of benzene rings is 1. The van der Waals surface area contributed by atoms with Crippen LogP contribution in [0.1, 0.15) is 17.0 Å². The van der Waals surface area contributed by atoms with E-state index in [1.807, 2.05) is 13.2 Å². The third-order valence-electron chi connectivity index (χ3n) is 3.66. The maximum atomic E-state index is 4.54. The Hall–Kier alpha value is -2.29. The van der Waals surface area contributed by atoms with E-state index < -0.39 is 0 Å². The number of aryl methyl sites for hydroxylation is 3. The van der Waals surface area contributed by atoms with E-state index in [0.717, 1.165) is 29.9 Å². The van der Waals surface area contributed by atoms with Gasteiger partial charge in [0.1, 0.15) is 5.82 Å². The molecule has 0 spiro atoms. The lowest BCUT2D eigenvalue weighted by Gasteiger charge is -2.04. The summed E-state index contributed by atoms with van der Waals surface area (Å²) in [5.41, 5.74) is 4.91. The fourth-order valence-electron chi connectivity index (χ4n) is 2.41. The first-order valence-electron chi connectivity index (χ1n) is 6.95. The highest BCUT2D eigenvalue weighted by Gasteiger charge is 2.04. The summed E-state index contributed by atoms with van der Waals surface area (Å²) in [5.74, 6) is 1.11. The molecule has 20 heavy (non-hydrogen) atoms. The van der Waals surface area contributed by atoms with Crippen LogP contribution in [0, 0.1) is 6.92 Å². The molecule has 0 saturated carbocycles. The highest BCUT2D eigenvalue weighted by Crippen LogP contribution is 2.15. The molecule has 3 nitrogen and oxygen atoms in total. The molecule has 0 aliphatic heterocycles. The Labute approximate surface area is 119 Å². The number of rotatable bonds is 4. The summed E-state index contributed by atoms with van der Waals surface area (Å²) in [6, 6.07) is 12.9. The van der Waals surface area contributed by atoms with E-state index in [1.54, 1.807) is 0 Å². The van der Waals surface area contributed by atoms with Crippen LogP contribution in [0.25, 0.3) is 5.52 Å². The van der Waals surface area contributed by atoms with Crippen LogP contribution >= 0.6 is 0 Å². The number of aromatic nitrogens is 2. The molecular formula is C17H19N3. The molecule has 0 fully saturated rings. The number of fused-ring (bicyclic) bond motifs is 1. The van der Waals surface area contributed by atoms with Crippen molar-refractivity contribution in [3.05, 3.63) is 65.7 Å². The van der Waals surface area contributed by atoms with Crippen LogP contribution in [0.2, 0.25) is 0 Å². The highest BCUT2D eigenvalue weighted by molar-refractivity contribution is 5.57. The molecule has 0 unspecified atom stereocenters. The summed E-state index contributed by atoms with van der Waals surface area (Å²) < 4.78 is 2.16. The summed E-state index contributed by atoms with van der Waals surface area (Å²) >= 11 is 0. The molecule has 3 rings (SSSR count). The molecule has 3 aromatic rings. The van der Waals surface area contributed by atoms with Crippen molar-refractivity contribution in [2.45, 2.75) is 19.8 Å². The van der Waals surface area contributed by atoms with Crippen molar-refractivity contribution in [2.24, 2.45) is 0 Å². The van der Waals surface area contributed by atoms with E-state index in [2.05, 4.69) is 64.2 Å². The van der Waals surface area contributed by atoms with Crippen LogP contribution in [0.4, 0.5) is 5.69 Å². The maximum Gasteiger partial charge on any atom is 0.113 e. The van der Waals surface area contributed by atoms with Gasteiger partial charge in [0.2, 0.25) is 0 Å². The van der Waals surface area contributed by atoms with Gasteiger partial charge in [-0.3, -0.25) is 0 Å². The smallest absolute Gasteiger partial charge is 0.113 e. The van der Waals surface area contributed by atoms with Crippen molar-refractivity contribution in [3.63, 3.8) is 0 Å². The predicted molar refractivity (Wildman–Crippen MR) is 83.3 cm³/mol. The minimum absolute atomic E-state index is 0.954. The topological polar surface area (TPSA) is 29.3 Å². The van der Waals surface area contributed by atoms with E-state index in [4.69, 9.17) is 0 Å². The quantitative estimate of drug-likeness (QED) is 0.782. The summed E-state index contributed by atoms with van der Waals surface area (Å²) in [7, 11) is 1.93. The van der Waals surface area contributed by atoms with Gasteiger partial charge in [-0.05, 0) is 31.0 Å². The molecule has 1 N–H and O–H groups in total. The average molecular weight is 265 g/mol. The maximum absolute atomic E-state index is 4.54. The molecule has 0 saturated heterocycles. The second-order valence-corrected chi connectivity index (χ2v) is 5.12. The first-order chi connectivity index (χ1) is 9.76. The van der Waals surface area contributed by atoms with Crippen LogP contribution in [0.3, 0.4) is 0 Å². The first-order valence-corrected chi connectivity index (χ1v) is 6.95. The fraction of sp³-hybridized carbons (Fsp3) is 0.235. The summed E-state index contributed by atoms with van der Waals surface area (Å²) in [6.07, 6.45) is 5.99. The van der Waals surface area contributed by atoms with Crippen LogP contribution in [0.5, 0.6) is 0 Å². The van der Waals surface area contributed by atoms with Crippen molar-refractivity contribution in [1.82, 2.24) is 9.38 Å². The largest absolute Gasteiger partial charge is 0.388 e. The van der Waals surface area contributed by atoms with E-state index in [0.29, 0.717) is 0 Å². The van der Waals surface area contributed by atoms with Gasteiger partial charge in [0.25, 0.3) is 0 Å². The monoisotopic (exact) mass is 265 g/mol. The third-order valence-corrected chi connectivity index (χ3v) is 3.66. The van der Waals surface area contributed by atoms with E-state index >= 15 is 0 Å².